The molecule has 0 spiro atoms. The van der Waals surface area contributed by atoms with Crippen molar-refractivity contribution in [3.63, 3.8) is 0 Å². The van der Waals surface area contributed by atoms with Gasteiger partial charge in [-0.2, -0.15) is 0 Å². The smallest absolute Gasteiger partial charge is 0.253 e. The van der Waals surface area contributed by atoms with Gasteiger partial charge in [-0.15, -0.1) is 0 Å². The summed E-state index contributed by atoms with van der Waals surface area (Å²) in [6.07, 6.45) is 0. The van der Waals surface area contributed by atoms with E-state index in [1.165, 1.54) is 18.9 Å². The Balaban J connectivity index is 3.96. The fourth-order valence-corrected chi connectivity index (χ4v) is 0.411. The van der Waals surface area contributed by atoms with Crippen LogP contribution >= 0.6 is 0 Å². The van der Waals surface area contributed by atoms with Crippen LogP contribution in [0.25, 0.3) is 0 Å². The number of carbonyl (C=O) groups excluding carboxylic acids is 1. The van der Waals surface area contributed by atoms with Crippen LogP contribution in [0.5, 0.6) is 0 Å². The van der Waals surface area contributed by atoms with Gasteiger partial charge in [-0.25, -0.2) is 15.1 Å². The molecule has 0 aliphatic carbocycles. The summed E-state index contributed by atoms with van der Waals surface area (Å²) in [5.41, 5.74) is 6.73. The normalized spacial score (nSPS) is 10.8. The van der Waals surface area contributed by atoms with Crippen molar-refractivity contribution >= 4 is 11.9 Å². The Morgan fingerprint density at radius 1 is 1.77 bits per heavy atom. The lowest BCUT2D eigenvalue weighted by atomic mass is 10.6. The maximum Gasteiger partial charge on any atom is 0.253 e. The first kappa shape index (κ1) is 11.1. The first-order valence-electron chi connectivity index (χ1n) is 3.36. The lowest BCUT2D eigenvalue weighted by molar-refractivity contribution is -0.525. The van der Waals surface area contributed by atoms with E-state index in [4.69, 9.17) is 5.73 Å². The average molecular weight is 189 g/mol. The molecular formula is C5H11N5O3. The van der Waals surface area contributed by atoms with Crippen LogP contribution in [0.1, 0.15) is 6.92 Å². The summed E-state index contributed by atoms with van der Waals surface area (Å²) in [7, 11) is 1.51. The zero-order valence-electron chi connectivity index (χ0n) is 7.35. The Morgan fingerprint density at radius 3 is 2.69 bits per heavy atom. The zero-order chi connectivity index (χ0) is 10.4. The van der Waals surface area contributed by atoms with E-state index in [0.717, 1.165) is 0 Å². The van der Waals surface area contributed by atoms with E-state index in [2.05, 4.69) is 4.99 Å². The summed E-state index contributed by atoms with van der Waals surface area (Å²) in [6.45, 7) is 1.34. The van der Waals surface area contributed by atoms with Gasteiger partial charge in [-0.3, -0.25) is 4.79 Å². The number of guanidine groups is 1. The molecule has 0 fully saturated rings. The Labute approximate surface area is 74.5 Å². The fraction of sp³-hybridized carbons (Fsp3) is 0.600. The number of nitrogens with two attached hydrogens (primary N) is 1. The van der Waals surface area contributed by atoms with Gasteiger partial charge in [0.1, 0.15) is 6.67 Å². The maximum absolute atomic E-state index is 10.6. The summed E-state index contributed by atoms with van der Waals surface area (Å²) in [5, 5.41) is 9.01. The summed E-state index contributed by atoms with van der Waals surface area (Å²) in [6, 6.07) is 0. The number of hydrazine groups is 1. The van der Waals surface area contributed by atoms with Crippen LogP contribution in [-0.2, 0) is 4.79 Å². The van der Waals surface area contributed by atoms with E-state index < -0.39 is 5.03 Å². The Kier molecular flexibility index (Phi) is 4.20. The molecule has 13 heavy (non-hydrogen) atoms. The molecule has 0 saturated carbocycles. The highest BCUT2D eigenvalue weighted by molar-refractivity contribution is 5.77. The molecule has 0 aliphatic heterocycles. The van der Waals surface area contributed by atoms with Crippen molar-refractivity contribution in [3.05, 3.63) is 10.1 Å². The SMILES string of the molecule is CC(=O)N(C)CN=C(N)N[N+](=O)[O-]. The highest BCUT2D eigenvalue weighted by Crippen LogP contribution is 1.82. The van der Waals surface area contributed by atoms with Gasteiger partial charge in [-0.1, -0.05) is 5.43 Å². The molecule has 0 heterocycles. The van der Waals surface area contributed by atoms with Crippen molar-refractivity contribution < 1.29 is 9.83 Å². The third-order valence-corrected chi connectivity index (χ3v) is 1.20. The molecule has 0 bridgehead atoms. The van der Waals surface area contributed by atoms with Gasteiger partial charge in [-0.05, 0) is 0 Å². The second kappa shape index (κ2) is 4.91. The molecule has 0 rings (SSSR count). The molecule has 8 nitrogen and oxygen atoms in total. The van der Waals surface area contributed by atoms with Crippen molar-refractivity contribution in [2.45, 2.75) is 6.92 Å². The van der Waals surface area contributed by atoms with Gasteiger partial charge in [0.2, 0.25) is 5.91 Å². The Hall–Kier alpha value is -1.86. The number of aliphatic imine (C=N–C) groups is 1. The Bertz CT molecular complexity index is 238. The molecular weight excluding hydrogens is 178 g/mol. The van der Waals surface area contributed by atoms with Crippen molar-refractivity contribution in [2.24, 2.45) is 10.7 Å². The van der Waals surface area contributed by atoms with Gasteiger partial charge in [0.25, 0.3) is 5.96 Å². The number of carbonyl (C=O) groups is 1. The van der Waals surface area contributed by atoms with E-state index in [1.807, 2.05) is 0 Å². The third-order valence-electron chi connectivity index (χ3n) is 1.20. The van der Waals surface area contributed by atoms with Crippen LogP contribution in [0.3, 0.4) is 0 Å². The van der Waals surface area contributed by atoms with Crippen molar-refractivity contribution in [3.8, 4) is 0 Å². The monoisotopic (exact) mass is 189 g/mol. The third kappa shape index (κ3) is 5.41. The summed E-state index contributed by atoms with van der Waals surface area (Å²) in [4.78, 5) is 25.3. The fourth-order valence-electron chi connectivity index (χ4n) is 0.411. The standard InChI is InChI=1S/C5H11N5O3/c1-4(11)9(2)3-7-5(6)8-10(12)13/h3H2,1-2H3,(H3,6,7,8). The molecule has 0 unspecified atom stereocenters. The van der Waals surface area contributed by atoms with Gasteiger partial charge >= 0.3 is 0 Å². The maximum atomic E-state index is 10.6. The average Bonchev–Trinajstić information content (AvgIpc) is 1.98. The largest absolute Gasteiger partial charge is 0.365 e. The van der Waals surface area contributed by atoms with Gasteiger partial charge in [0.15, 0.2) is 5.03 Å². The van der Waals surface area contributed by atoms with Gasteiger partial charge < -0.3 is 10.6 Å². The molecule has 1 amide bonds. The van der Waals surface area contributed by atoms with E-state index >= 15 is 0 Å². The van der Waals surface area contributed by atoms with Crippen LogP contribution in [0.2, 0.25) is 0 Å². The number of nitro groups is 1. The van der Waals surface area contributed by atoms with Crippen LogP contribution in [0, 0.1) is 10.1 Å². The molecule has 0 atom stereocenters. The second-order valence-electron chi connectivity index (χ2n) is 2.27. The minimum absolute atomic E-state index is 0.0119. The Morgan fingerprint density at radius 2 is 2.31 bits per heavy atom. The first-order valence-corrected chi connectivity index (χ1v) is 3.36. The number of nitrogens with one attached hydrogen (secondary N) is 1. The second-order valence-corrected chi connectivity index (χ2v) is 2.27. The van der Waals surface area contributed by atoms with Crippen molar-refractivity contribution in [1.82, 2.24) is 10.3 Å². The topological polar surface area (TPSA) is 114 Å². The number of rotatable bonds is 3. The van der Waals surface area contributed by atoms with Gasteiger partial charge in [0, 0.05) is 14.0 Å². The predicted octanol–water partition coefficient (Wildman–Crippen LogP) is -1.48. The highest BCUT2D eigenvalue weighted by Gasteiger charge is 2.02. The number of hydrogen-bond donors (Lipinski definition) is 2. The summed E-state index contributed by atoms with van der Waals surface area (Å²) >= 11 is 0. The molecule has 74 valence electrons. The van der Waals surface area contributed by atoms with Crippen LogP contribution < -0.4 is 11.2 Å². The molecule has 0 aliphatic rings. The minimum atomic E-state index is -0.827. The lowest BCUT2D eigenvalue weighted by Gasteiger charge is -2.10. The van der Waals surface area contributed by atoms with Gasteiger partial charge in [0.05, 0.1) is 0 Å². The number of hydrogen-bond acceptors (Lipinski definition) is 4. The predicted molar refractivity (Wildman–Crippen MR) is 45.1 cm³/mol. The molecule has 0 saturated heterocycles. The van der Waals surface area contributed by atoms with Crippen LogP contribution in [0.15, 0.2) is 4.99 Å². The summed E-state index contributed by atoms with van der Waals surface area (Å²) < 4.78 is 0. The molecule has 0 aromatic heterocycles. The lowest BCUT2D eigenvalue weighted by Crippen LogP contribution is -2.37. The van der Waals surface area contributed by atoms with Crippen LogP contribution in [-0.4, -0.2) is 35.5 Å². The minimum Gasteiger partial charge on any atom is -0.365 e. The van der Waals surface area contributed by atoms with E-state index in [9.17, 15) is 14.9 Å². The van der Waals surface area contributed by atoms with Crippen molar-refractivity contribution in [1.29, 1.82) is 0 Å². The first-order chi connectivity index (χ1) is 5.93. The van der Waals surface area contributed by atoms with E-state index in [-0.39, 0.29) is 18.5 Å². The quantitative estimate of drug-likeness (QED) is 0.243. The number of nitrogens with zero attached hydrogens (tertiary/aromatic N) is 3. The molecule has 3 N–H and O–H groups in total. The number of amides is 1. The highest BCUT2D eigenvalue weighted by atomic mass is 16.7. The molecule has 8 heteroatoms. The van der Waals surface area contributed by atoms with E-state index in [0.29, 0.717) is 0 Å². The van der Waals surface area contributed by atoms with Crippen LogP contribution in [0.4, 0.5) is 0 Å². The van der Waals surface area contributed by atoms with Crippen molar-refractivity contribution in [2.75, 3.05) is 13.7 Å². The molecule has 0 aromatic rings. The van der Waals surface area contributed by atoms with E-state index in [1.54, 1.807) is 5.43 Å². The zero-order valence-corrected chi connectivity index (χ0v) is 7.35. The molecule has 0 aromatic carbocycles. The summed E-state index contributed by atoms with van der Waals surface area (Å²) in [5.74, 6) is -0.532. The molecule has 0 radical (unpaired) electrons.